The fourth-order valence-corrected chi connectivity index (χ4v) is 6.53. The molecule has 3 heterocycles. The van der Waals surface area contributed by atoms with Crippen LogP contribution < -0.4 is 9.64 Å². The zero-order valence-corrected chi connectivity index (χ0v) is 26.5. The normalized spacial score (nSPS) is 17.0. The molecule has 0 aliphatic carbocycles. The van der Waals surface area contributed by atoms with E-state index in [1.165, 1.54) is 0 Å². The Morgan fingerprint density at radius 3 is 2.29 bits per heavy atom. The number of likely N-dealkylation sites (tertiary alicyclic amines) is 1. The second-order valence-corrected chi connectivity index (χ2v) is 12.6. The van der Waals surface area contributed by atoms with E-state index in [4.69, 9.17) is 9.72 Å². The zero-order chi connectivity index (χ0) is 31.7. The quantitative estimate of drug-likeness (QED) is 0.250. The molecule has 2 aliphatic rings. The molecule has 1 atom stereocenters. The van der Waals surface area contributed by atoms with Gasteiger partial charge in [0, 0.05) is 31.7 Å². The van der Waals surface area contributed by atoms with Crippen LogP contribution in [0.15, 0.2) is 72.8 Å². The van der Waals surface area contributed by atoms with Crippen molar-refractivity contribution in [3.05, 3.63) is 84.2 Å². The topological polar surface area (TPSA) is 88.0 Å². The molecule has 2 aliphatic heterocycles. The van der Waals surface area contributed by atoms with E-state index in [0.29, 0.717) is 36.9 Å². The molecule has 45 heavy (non-hydrogen) atoms. The minimum atomic E-state index is -0.361. The Labute approximate surface area is 264 Å². The second kappa shape index (κ2) is 12.8. The third-order valence-corrected chi connectivity index (χ3v) is 9.07. The molecule has 0 radical (unpaired) electrons. The molecule has 9 nitrogen and oxygen atoms in total. The first-order chi connectivity index (χ1) is 21.7. The smallest absolute Gasteiger partial charge is 0.247 e. The summed E-state index contributed by atoms with van der Waals surface area (Å²) < 4.78 is 7.97. The third kappa shape index (κ3) is 6.43. The summed E-state index contributed by atoms with van der Waals surface area (Å²) in [6.45, 7) is 7.27. The van der Waals surface area contributed by atoms with Gasteiger partial charge in [0.2, 0.25) is 17.7 Å². The number of piperidine rings is 1. The summed E-state index contributed by atoms with van der Waals surface area (Å²) in [6, 6.07) is 22.6. The SMILES string of the molecule is Cc1ccc2nc([C@H](CC3CCN(C(=O)C(C)C)CC3)N3CC(=O)N(c4ccc(Oc5ccccc5)cc4)CC3=O)n(C)c2c1. The predicted octanol–water partition coefficient (Wildman–Crippen LogP) is 5.88. The van der Waals surface area contributed by atoms with Gasteiger partial charge in [0.05, 0.1) is 17.1 Å². The van der Waals surface area contributed by atoms with Crippen molar-refractivity contribution in [3.8, 4) is 11.5 Å². The number of aromatic nitrogens is 2. The van der Waals surface area contributed by atoms with E-state index in [-0.39, 0.29) is 42.8 Å². The van der Waals surface area contributed by atoms with Gasteiger partial charge >= 0.3 is 0 Å². The van der Waals surface area contributed by atoms with Crippen LogP contribution in [0, 0.1) is 18.8 Å². The van der Waals surface area contributed by atoms with E-state index in [2.05, 4.69) is 17.6 Å². The molecule has 2 fully saturated rings. The Balaban J connectivity index is 1.22. The molecule has 0 unspecified atom stereocenters. The molecule has 3 aromatic carbocycles. The van der Waals surface area contributed by atoms with E-state index in [1.807, 2.05) is 92.5 Å². The van der Waals surface area contributed by atoms with Crippen LogP contribution in [0.1, 0.15) is 50.5 Å². The van der Waals surface area contributed by atoms with E-state index >= 15 is 0 Å². The number of anilines is 1. The number of carbonyl (C=O) groups excluding carboxylic acids is 3. The number of amides is 3. The molecular formula is C36H41N5O4. The number of hydrogen-bond donors (Lipinski definition) is 0. The van der Waals surface area contributed by atoms with Gasteiger partial charge < -0.3 is 24.0 Å². The highest BCUT2D eigenvalue weighted by Gasteiger charge is 2.39. The van der Waals surface area contributed by atoms with Crippen molar-refractivity contribution in [3.63, 3.8) is 0 Å². The summed E-state index contributed by atoms with van der Waals surface area (Å²) in [5.41, 5.74) is 3.67. The van der Waals surface area contributed by atoms with Gasteiger partial charge in [-0.2, -0.15) is 0 Å². The lowest BCUT2D eigenvalue weighted by Gasteiger charge is -2.40. The Bertz CT molecular complexity index is 1690. The van der Waals surface area contributed by atoms with Crippen molar-refractivity contribution >= 4 is 34.4 Å². The van der Waals surface area contributed by atoms with Crippen molar-refractivity contribution in [1.29, 1.82) is 0 Å². The lowest BCUT2D eigenvalue weighted by atomic mass is 9.88. The maximum absolute atomic E-state index is 13.9. The van der Waals surface area contributed by atoms with Crippen LogP contribution >= 0.6 is 0 Å². The minimum Gasteiger partial charge on any atom is -0.457 e. The summed E-state index contributed by atoms with van der Waals surface area (Å²) in [4.78, 5) is 50.4. The van der Waals surface area contributed by atoms with Crippen LogP contribution in [0.25, 0.3) is 11.0 Å². The fraction of sp³-hybridized carbons (Fsp3) is 0.389. The minimum absolute atomic E-state index is 0.0229. The number of nitrogens with zero attached hydrogens (tertiary/aromatic N) is 5. The summed E-state index contributed by atoms with van der Waals surface area (Å²) >= 11 is 0. The van der Waals surface area contributed by atoms with Crippen LogP contribution in [0.2, 0.25) is 0 Å². The molecule has 6 rings (SSSR count). The van der Waals surface area contributed by atoms with E-state index in [9.17, 15) is 14.4 Å². The van der Waals surface area contributed by atoms with Crippen LogP contribution in [0.4, 0.5) is 5.69 Å². The lowest BCUT2D eigenvalue weighted by Crippen LogP contribution is -2.55. The zero-order valence-electron chi connectivity index (χ0n) is 26.5. The molecule has 234 valence electrons. The van der Waals surface area contributed by atoms with Gasteiger partial charge in [0.25, 0.3) is 0 Å². The Kier molecular flexibility index (Phi) is 8.61. The molecule has 0 saturated carbocycles. The molecule has 1 aromatic heterocycles. The standard InChI is InChI=1S/C36H41N5O4/c1-24(2)36(44)39-18-16-26(17-19-39)21-32(35-37-30-15-10-25(3)20-31(30)38(35)4)41-23-33(42)40(22-34(41)43)27-11-13-29(14-12-27)45-28-8-6-5-7-9-28/h5-15,20,24,26,32H,16-19,21-23H2,1-4H3/t32-/m0/s1. The Hall–Kier alpha value is -4.66. The van der Waals surface area contributed by atoms with Crippen LogP contribution in [-0.2, 0) is 21.4 Å². The maximum Gasteiger partial charge on any atom is 0.247 e. The van der Waals surface area contributed by atoms with Crippen LogP contribution in [0.3, 0.4) is 0 Å². The molecule has 0 N–H and O–H groups in total. The molecule has 9 heteroatoms. The summed E-state index contributed by atoms with van der Waals surface area (Å²) in [5.74, 6) is 2.38. The molecular weight excluding hydrogens is 566 g/mol. The van der Waals surface area contributed by atoms with Gasteiger partial charge in [-0.05, 0) is 86.2 Å². The number of carbonyl (C=O) groups is 3. The van der Waals surface area contributed by atoms with Crippen LogP contribution in [-0.4, -0.2) is 63.3 Å². The van der Waals surface area contributed by atoms with Crippen LogP contribution in [0.5, 0.6) is 11.5 Å². The highest BCUT2D eigenvalue weighted by atomic mass is 16.5. The first-order valence-corrected chi connectivity index (χ1v) is 15.8. The fourth-order valence-electron chi connectivity index (χ4n) is 6.53. The molecule has 0 bridgehead atoms. The predicted molar refractivity (Wildman–Crippen MR) is 174 cm³/mol. The summed E-state index contributed by atoms with van der Waals surface area (Å²) in [5, 5.41) is 0. The van der Waals surface area contributed by atoms with E-state index < -0.39 is 0 Å². The van der Waals surface area contributed by atoms with Gasteiger partial charge in [0.1, 0.15) is 30.4 Å². The van der Waals surface area contributed by atoms with E-state index in [1.54, 1.807) is 9.80 Å². The summed E-state index contributed by atoms with van der Waals surface area (Å²) in [7, 11) is 1.99. The van der Waals surface area contributed by atoms with Crippen molar-refractivity contribution in [2.75, 3.05) is 31.1 Å². The van der Waals surface area contributed by atoms with Gasteiger partial charge in [-0.15, -0.1) is 0 Å². The number of piperazine rings is 1. The number of imidazole rings is 1. The molecule has 0 spiro atoms. The van der Waals surface area contributed by atoms with Crippen molar-refractivity contribution in [2.24, 2.45) is 18.9 Å². The maximum atomic E-state index is 13.9. The third-order valence-electron chi connectivity index (χ3n) is 9.07. The Morgan fingerprint density at radius 2 is 1.60 bits per heavy atom. The number of ether oxygens (including phenoxy) is 1. The number of aryl methyl sites for hydroxylation is 2. The largest absolute Gasteiger partial charge is 0.457 e. The average Bonchev–Trinajstić information content (AvgIpc) is 3.36. The first-order valence-electron chi connectivity index (χ1n) is 15.8. The Morgan fingerprint density at radius 1 is 0.911 bits per heavy atom. The number of hydrogen-bond acceptors (Lipinski definition) is 5. The van der Waals surface area contributed by atoms with Gasteiger partial charge in [-0.1, -0.05) is 38.1 Å². The van der Waals surface area contributed by atoms with Gasteiger partial charge in [0.15, 0.2) is 0 Å². The van der Waals surface area contributed by atoms with Crippen molar-refractivity contribution in [1.82, 2.24) is 19.4 Å². The summed E-state index contributed by atoms with van der Waals surface area (Å²) in [6.07, 6.45) is 2.40. The number of fused-ring (bicyclic) bond motifs is 1. The molecule has 2 saturated heterocycles. The van der Waals surface area contributed by atoms with E-state index in [0.717, 1.165) is 41.0 Å². The lowest BCUT2D eigenvalue weighted by molar-refractivity contribution is -0.141. The molecule has 4 aromatic rings. The number of para-hydroxylation sites is 1. The number of benzene rings is 3. The van der Waals surface area contributed by atoms with Crippen molar-refractivity contribution < 1.29 is 19.1 Å². The molecule has 3 amide bonds. The number of rotatable bonds is 8. The highest BCUT2D eigenvalue weighted by molar-refractivity contribution is 6.04. The monoisotopic (exact) mass is 607 g/mol. The highest BCUT2D eigenvalue weighted by Crippen LogP contribution is 2.36. The average molecular weight is 608 g/mol. The van der Waals surface area contributed by atoms with Crippen molar-refractivity contribution in [2.45, 2.75) is 46.1 Å². The first kappa shape index (κ1) is 30.4. The van der Waals surface area contributed by atoms with Gasteiger partial charge in [-0.3, -0.25) is 14.4 Å². The van der Waals surface area contributed by atoms with Gasteiger partial charge in [-0.25, -0.2) is 4.98 Å². The second-order valence-electron chi connectivity index (χ2n) is 12.6.